The summed E-state index contributed by atoms with van der Waals surface area (Å²) in [5.41, 5.74) is 1.61. The Balaban J connectivity index is 1.63. The molecule has 0 spiro atoms. The Morgan fingerprint density at radius 1 is 1.25 bits per heavy atom. The molecule has 0 unspecified atom stereocenters. The van der Waals surface area contributed by atoms with E-state index in [2.05, 4.69) is 21.2 Å². The smallest absolute Gasteiger partial charge is 0.229 e. The number of nitrogens with zero attached hydrogens (tertiary/aromatic N) is 1. The van der Waals surface area contributed by atoms with Gasteiger partial charge in [0.05, 0.1) is 16.6 Å². The van der Waals surface area contributed by atoms with Crippen LogP contribution in [0, 0.1) is 5.92 Å². The molecule has 2 aromatic rings. The van der Waals surface area contributed by atoms with Gasteiger partial charge in [-0.3, -0.25) is 9.59 Å². The highest BCUT2D eigenvalue weighted by Gasteiger charge is 2.34. The van der Waals surface area contributed by atoms with Crippen LogP contribution in [0.2, 0.25) is 5.02 Å². The summed E-state index contributed by atoms with van der Waals surface area (Å²) < 4.78 is 0.843. The van der Waals surface area contributed by atoms with Crippen LogP contribution in [0.5, 0.6) is 0 Å². The summed E-state index contributed by atoms with van der Waals surface area (Å²) in [5.74, 6) is -0.537. The van der Waals surface area contributed by atoms with E-state index in [0.29, 0.717) is 23.8 Å². The molecule has 1 aliphatic rings. The van der Waals surface area contributed by atoms with E-state index in [1.165, 1.54) is 0 Å². The van der Waals surface area contributed by atoms with Crippen LogP contribution in [0.1, 0.15) is 12.0 Å². The maximum Gasteiger partial charge on any atom is 0.229 e. The quantitative estimate of drug-likeness (QED) is 0.830. The van der Waals surface area contributed by atoms with E-state index in [1.54, 1.807) is 17.0 Å². The van der Waals surface area contributed by atoms with Gasteiger partial charge >= 0.3 is 0 Å². The summed E-state index contributed by atoms with van der Waals surface area (Å²) in [7, 11) is 0. The number of hydrogen-bond donors (Lipinski definition) is 1. The number of carbonyl (C=O) groups excluding carboxylic acids is 2. The van der Waals surface area contributed by atoms with Gasteiger partial charge in [-0.15, -0.1) is 0 Å². The van der Waals surface area contributed by atoms with Crippen molar-refractivity contribution >= 4 is 45.0 Å². The standard InChI is InChI=1S/C18H16BrClN2O2/c19-14-6-7-16(15(20)9-14)21-18(24)13-8-17(23)22(11-13)10-12-4-2-1-3-5-12/h1-7,9,13H,8,10-11H2,(H,21,24)/t13-/m1/s1. The minimum atomic E-state index is -0.360. The third kappa shape index (κ3) is 3.97. The van der Waals surface area contributed by atoms with Gasteiger partial charge in [0.2, 0.25) is 11.8 Å². The molecule has 1 aliphatic heterocycles. The predicted molar refractivity (Wildman–Crippen MR) is 97.7 cm³/mol. The van der Waals surface area contributed by atoms with Gasteiger partial charge in [0.15, 0.2) is 0 Å². The van der Waals surface area contributed by atoms with Crippen LogP contribution in [0.15, 0.2) is 53.0 Å². The minimum absolute atomic E-state index is 0.000839. The zero-order valence-electron chi connectivity index (χ0n) is 12.8. The number of likely N-dealkylation sites (tertiary alicyclic amines) is 1. The number of benzene rings is 2. The number of halogens is 2. The Morgan fingerprint density at radius 3 is 2.71 bits per heavy atom. The van der Waals surface area contributed by atoms with Crippen LogP contribution < -0.4 is 5.32 Å². The topological polar surface area (TPSA) is 49.4 Å². The maximum atomic E-state index is 12.4. The van der Waals surface area contributed by atoms with Crippen LogP contribution in [-0.4, -0.2) is 23.3 Å². The van der Waals surface area contributed by atoms with E-state index in [-0.39, 0.29) is 24.2 Å². The molecule has 0 bridgehead atoms. The normalized spacial score (nSPS) is 17.2. The molecule has 1 N–H and O–H groups in total. The third-order valence-corrected chi connectivity index (χ3v) is 4.80. The SMILES string of the molecule is O=C(Nc1ccc(Br)cc1Cl)[C@@H]1CC(=O)N(Cc2ccccc2)C1. The lowest BCUT2D eigenvalue weighted by Crippen LogP contribution is -2.28. The Labute approximate surface area is 153 Å². The van der Waals surface area contributed by atoms with Crippen molar-refractivity contribution in [3.63, 3.8) is 0 Å². The van der Waals surface area contributed by atoms with E-state index in [4.69, 9.17) is 11.6 Å². The highest BCUT2D eigenvalue weighted by Crippen LogP contribution is 2.27. The van der Waals surface area contributed by atoms with Crippen LogP contribution in [-0.2, 0) is 16.1 Å². The van der Waals surface area contributed by atoms with E-state index in [1.807, 2.05) is 36.4 Å². The Morgan fingerprint density at radius 2 is 2.00 bits per heavy atom. The van der Waals surface area contributed by atoms with Crippen molar-refractivity contribution in [2.75, 3.05) is 11.9 Å². The molecule has 1 saturated heterocycles. The third-order valence-electron chi connectivity index (χ3n) is 3.99. The Kier molecular flexibility index (Phi) is 5.21. The zero-order chi connectivity index (χ0) is 17.1. The summed E-state index contributed by atoms with van der Waals surface area (Å²) in [6.45, 7) is 0.955. The monoisotopic (exact) mass is 406 g/mol. The number of anilines is 1. The van der Waals surface area contributed by atoms with Gasteiger partial charge in [0, 0.05) is 24.0 Å². The molecule has 6 heteroatoms. The maximum absolute atomic E-state index is 12.4. The molecule has 124 valence electrons. The van der Waals surface area contributed by atoms with Gasteiger partial charge < -0.3 is 10.2 Å². The molecule has 1 fully saturated rings. The first-order chi connectivity index (χ1) is 11.5. The van der Waals surface area contributed by atoms with E-state index < -0.39 is 0 Å². The lowest BCUT2D eigenvalue weighted by atomic mass is 10.1. The molecule has 3 rings (SSSR count). The average Bonchev–Trinajstić information content (AvgIpc) is 2.92. The van der Waals surface area contributed by atoms with Crippen molar-refractivity contribution in [3.05, 3.63) is 63.6 Å². The predicted octanol–water partition coefficient (Wildman–Crippen LogP) is 4.09. The Bertz CT molecular complexity index is 767. The van der Waals surface area contributed by atoms with Gasteiger partial charge in [0.1, 0.15) is 0 Å². The van der Waals surface area contributed by atoms with Crippen molar-refractivity contribution in [1.82, 2.24) is 4.90 Å². The number of carbonyl (C=O) groups is 2. The molecule has 24 heavy (non-hydrogen) atoms. The second-order valence-electron chi connectivity index (χ2n) is 5.77. The summed E-state index contributed by atoms with van der Waals surface area (Å²) in [5, 5.41) is 3.28. The fourth-order valence-corrected chi connectivity index (χ4v) is 3.45. The van der Waals surface area contributed by atoms with Gasteiger partial charge in [0.25, 0.3) is 0 Å². The number of hydrogen-bond acceptors (Lipinski definition) is 2. The second kappa shape index (κ2) is 7.36. The minimum Gasteiger partial charge on any atom is -0.338 e. The molecule has 2 amide bonds. The van der Waals surface area contributed by atoms with Gasteiger partial charge in [-0.25, -0.2) is 0 Å². The average molecular weight is 408 g/mol. The molecule has 0 saturated carbocycles. The second-order valence-corrected chi connectivity index (χ2v) is 7.10. The molecule has 0 aliphatic carbocycles. The lowest BCUT2D eigenvalue weighted by Gasteiger charge is -2.17. The summed E-state index contributed by atoms with van der Waals surface area (Å²) in [4.78, 5) is 26.3. The van der Waals surface area contributed by atoms with Crippen molar-refractivity contribution in [3.8, 4) is 0 Å². The first kappa shape index (κ1) is 17.0. The van der Waals surface area contributed by atoms with Crippen molar-refractivity contribution < 1.29 is 9.59 Å². The molecular formula is C18H16BrClN2O2. The molecule has 1 heterocycles. The highest BCUT2D eigenvalue weighted by molar-refractivity contribution is 9.10. The molecule has 4 nitrogen and oxygen atoms in total. The zero-order valence-corrected chi connectivity index (χ0v) is 15.2. The first-order valence-electron chi connectivity index (χ1n) is 7.60. The molecule has 0 radical (unpaired) electrons. The number of rotatable bonds is 4. The van der Waals surface area contributed by atoms with Crippen LogP contribution in [0.25, 0.3) is 0 Å². The van der Waals surface area contributed by atoms with Crippen LogP contribution >= 0.6 is 27.5 Å². The van der Waals surface area contributed by atoms with Gasteiger partial charge in [-0.1, -0.05) is 57.9 Å². The molecule has 1 atom stereocenters. The van der Waals surface area contributed by atoms with Crippen molar-refractivity contribution in [2.24, 2.45) is 5.92 Å². The van der Waals surface area contributed by atoms with E-state index in [0.717, 1.165) is 10.0 Å². The number of amides is 2. The fraction of sp³-hybridized carbons (Fsp3) is 0.222. The van der Waals surface area contributed by atoms with Gasteiger partial charge in [-0.2, -0.15) is 0 Å². The van der Waals surface area contributed by atoms with Gasteiger partial charge in [-0.05, 0) is 23.8 Å². The molecule has 2 aromatic carbocycles. The fourth-order valence-electron chi connectivity index (χ4n) is 2.73. The van der Waals surface area contributed by atoms with Crippen molar-refractivity contribution in [1.29, 1.82) is 0 Å². The van der Waals surface area contributed by atoms with Crippen LogP contribution in [0.3, 0.4) is 0 Å². The Hall–Kier alpha value is -1.85. The largest absolute Gasteiger partial charge is 0.338 e. The molecule has 0 aromatic heterocycles. The van der Waals surface area contributed by atoms with Crippen LogP contribution in [0.4, 0.5) is 5.69 Å². The molecular weight excluding hydrogens is 392 g/mol. The first-order valence-corrected chi connectivity index (χ1v) is 8.77. The summed E-state index contributed by atoms with van der Waals surface area (Å²) in [6, 6.07) is 15.0. The highest BCUT2D eigenvalue weighted by atomic mass is 79.9. The van der Waals surface area contributed by atoms with E-state index >= 15 is 0 Å². The van der Waals surface area contributed by atoms with E-state index in [9.17, 15) is 9.59 Å². The number of nitrogens with one attached hydrogen (secondary N) is 1. The lowest BCUT2D eigenvalue weighted by molar-refractivity contribution is -0.128. The summed E-state index contributed by atoms with van der Waals surface area (Å²) in [6.07, 6.45) is 0.229. The van der Waals surface area contributed by atoms with Crippen molar-refractivity contribution in [2.45, 2.75) is 13.0 Å². The summed E-state index contributed by atoms with van der Waals surface area (Å²) >= 11 is 9.45.